The molecule has 0 atom stereocenters. The van der Waals surface area contributed by atoms with Gasteiger partial charge in [0.1, 0.15) is 5.82 Å². The third-order valence-electron chi connectivity index (χ3n) is 2.83. The average molecular weight is 164 g/mol. The van der Waals surface area contributed by atoms with Gasteiger partial charge in [-0.2, -0.15) is 0 Å². The van der Waals surface area contributed by atoms with Crippen molar-refractivity contribution in [1.82, 2.24) is 9.55 Å². The zero-order valence-corrected chi connectivity index (χ0v) is 7.66. The maximum Gasteiger partial charge on any atom is 0.105 e. The van der Waals surface area contributed by atoms with Crippen molar-refractivity contribution in [1.29, 1.82) is 0 Å². The summed E-state index contributed by atoms with van der Waals surface area (Å²) >= 11 is 0. The second-order valence-corrected chi connectivity index (χ2v) is 3.67. The van der Waals surface area contributed by atoms with Crippen LogP contribution in [-0.4, -0.2) is 9.55 Å². The molecule has 1 aromatic rings. The van der Waals surface area contributed by atoms with Crippen LogP contribution in [-0.2, 0) is 0 Å². The molecule has 66 valence electrons. The first-order chi connectivity index (χ1) is 5.88. The molecule has 0 spiro atoms. The van der Waals surface area contributed by atoms with Crippen LogP contribution in [0.25, 0.3) is 0 Å². The van der Waals surface area contributed by atoms with Crippen molar-refractivity contribution >= 4 is 0 Å². The summed E-state index contributed by atoms with van der Waals surface area (Å²) in [6.07, 6.45) is 10.9. The number of hydrogen-bond acceptors (Lipinski definition) is 1. The van der Waals surface area contributed by atoms with Gasteiger partial charge in [0.25, 0.3) is 0 Å². The first kappa shape index (κ1) is 7.84. The minimum atomic E-state index is 0.737. The predicted octanol–water partition coefficient (Wildman–Crippen LogP) is 2.70. The van der Waals surface area contributed by atoms with E-state index < -0.39 is 0 Å². The van der Waals surface area contributed by atoms with E-state index in [1.807, 2.05) is 6.20 Å². The van der Waals surface area contributed by atoms with Gasteiger partial charge in [-0.05, 0) is 19.8 Å². The summed E-state index contributed by atoms with van der Waals surface area (Å²) in [7, 11) is 0. The fourth-order valence-electron chi connectivity index (χ4n) is 2.13. The molecule has 2 heteroatoms. The van der Waals surface area contributed by atoms with Crippen molar-refractivity contribution in [3.63, 3.8) is 0 Å². The largest absolute Gasteiger partial charge is 0.332 e. The highest BCUT2D eigenvalue weighted by Crippen LogP contribution is 2.28. The normalized spacial score (nSPS) is 19.8. The summed E-state index contributed by atoms with van der Waals surface area (Å²) in [5, 5.41) is 0. The topological polar surface area (TPSA) is 17.8 Å². The van der Waals surface area contributed by atoms with Gasteiger partial charge in [-0.3, -0.25) is 0 Å². The molecule has 0 aliphatic heterocycles. The van der Waals surface area contributed by atoms with Gasteiger partial charge >= 0.3 is 0 Å². The zero-order chi connectivity index (χ0) is 8.39. The molecule has 1 aliphatic rings. The van der Waals surface area contributed by atoms with E-state index in [4.69, 9.17) is 0 Å². The predicted molar refractivity (Wildman–Crippen MR) is 49.1 cm³/mol. The summed E-state index contributed by atoms with van der Waals surface area (Å²) in [5.41, 5.74) is 0. The Labute approximate surface area is 73.6 Å². The smallest absolute Gasteiger partial charge is 0.105 e. The molecule has 0 aromatic carbocycles. The second-order valence-electron chi connectivity index (χ2n) is 3.67. The first-order valence-corrected chi connectivity index (χ1v) is 4.87. The SMILES string of the molecule is Cc1nccn1C1CCCCC1. The average Bonchev–Trinajstić information content (AvgIpc) is 2.53. The molecule has 12 heavy (non-hydrogen) atoms. The molecule has 1 aromatic heterocycles. The number of nitrogens with zero attached hydrogens (tertiary/aromatic N) is 2. The highest BCUT2D eigenvalue weighted by molar-refractivity contribution is 4.92. The van der Waals surface area contributed by atoms with Crippen LogP contribution in [0.5, 0.6) is 0 Å². The van der Waals surface area contributed by atoms with Gasteiger partial charge in [0, 0.05) is 18.4 Å². The second kappa shape index (κ2) is 3.30. The van der Waals surface area contributed by atoms with E-state index in [1.165, 1.54) is 37.9 Å². The summed E-state index contributed by atoms with van der Waals surface area (Å²) in [6, 6.07) is 0.737. The molecule has 1 aliphatic carbocycles. The van der Waals surface area contributed by atoms with Crippen LogP contribution in [0.2, 0.25) is 0 Å². The molecule has 0 unspecified atom stereocenters. The molecule has 2 rings (SSSR count). The van der Waals surface area contributed by atoms with Crippen LogP contribution in [0.1, 0.15) is 44.0 Å². The van der Waals surface area contributed by atoms with E-state index in [0.717, 1.165) is 6.04 Å². The van der Waals surface area contributed by atoms with E-state index in [1.54, 1.807) is 0 Å². The van der Waals surface area contributed by atoms with Crippen LogP contribution in [0.4, 0.5) is 0 Å². The summed E-state index contributed by atoms with van der Waals surface area (Å²) in [5.74, 6) is 1.17. The Hall–Kier alpha value is -0.790. The molecule has 0 bridgehead atoms. The maximum atomic E-state index is 4.25. The fraction of sp³-hybridized carbons (Fsp3) is 0.700. The fourth-order valence-corrected chi connectivity index (χ4v) is 2.13. The van der Waals surface area contributed by atoms with E-state index in [2.05, 4.69) is 22.7 Å². The lowest BCUT2D eigenvalue weighted by atomic mass is 9.95. The van der Waals surface area contributed by atoms with Gasteiger partial charge in [-0.25, -0.2) is 4.98 Å². The monoisotopic (exact) mass is 164 g/mol. The molecule has 1 saturated carbocycles. The van der Waals surface area contributed by atoms with Crippen molar-refractivity contribution in [3.8, 4) is 0 Å². The maximum absolute atomic E-state index is 4.25. The molecule has 1 heterocycles. The number of imidazole rings is 1. The standard InChI is InChI=1S/C10H16N2/c1-9-11-7-8-12(9)10-5-3-2-4-6-10/h7-8,10H,2-6H2,1H3. The van der Waals surface area contributed by atoms with E-state index in [9.17, 15) is 0 Å². The van der Waals surface area contributed by atoms with Crippen LogP contribution in [0, 0.1) is 6.92 Å². The molecule has 0 N–H and O–H groups in total. The molecular weight excluding hydrogens is 148 g/mol. The molecule has 1 fully saturated rings. The lowest BCUT2D eigenvalue weighted by Gasteiger charge is -2.23. The lowest BCUT2D eigenvalue weighted by Crippen LogP contribution is -2.13. The van der Waals surface area contributed by atoms with Crippen molar-refractivity contribution in [2.75, 3.05) is 0 Å². The summed E-state index contributed by atoms with van der Waals surface area (Å²) < 4.78 is 2.33. The molecule has 2 nitrogen and oxygen atoms in total. The van der Waals surface area contributed by atoms with Crippen molar-refractivity contribution in [2.24, 2.45) is 0 Å². The Kier molecular flexibility index (Phi) is 2.15. The van der Waals surface area contributed by atoms with Crippen molar-refractivity contribution < 1.29 is 0 Å². The van der Waals surface area contributed by atoms with E-state index in [-0.39, 0.29) is 0 Å². The van der Waals surface area contributed by atoms with Gasteiger partial charge < -0.3 is 4.57 Å². The quantitative estimate of drug-likeness (QED) is 0.624. The Morgan fingerprint density at radius 2 is 2.08 bits per heavy atom. The van der Waals surface area contributed by atoms with E-state index >= 15 is 0 Å². The van der Waals surface area contributed by atoms with Gasteiger partial charge in [0.2, 0.25) is 0 Å². The third kappa shape index (κ3) is 1.38. The van der Waals surface area contributed by atoms with Gasteiger partial charge in [0.05, 0.1) is 0 Å². The highest BCUT2D eigenvalue weighted by Gasteiger charge is 2.15. The van der Waals surface area contributed by atoms with Gasteiger partial charge in [0.15, 0.2) is 0 Å². The van der Waals surface area contributed by atoms with Crippen molar-refractivity contribution in [3.05, 3.63) is 18.2 Å². The van der Waals surface area contributed by atoms with Gasteiger partial charge in [-0.1, -0.05) is 19.3 Å². The van der Waals surface area contributed by atoms with Crippen LogP contribution < -0.4 is 0 Å². The minimum Gasteiger partial charge on any atom is -0.332 e. The number of aromatic nitrogens is 2. The first-order valence-electron chi connectivity index (χ1n) is 4.87. The Morgan fingerprint density at radius 1 is 1.33 bits per heavy atom. The number of rotatable bonds is 1. The zero-order valence-electron chi connectivity index (χ0n) is 7.66. The molecule has 0 radical (unpaired) electrons. The minimum absolute atomic E-state index is 0.737. The lowest BCUT2D eigenvalue weighted by molar-refractivity contribution is 0.348. The highest BCUT2D eigenvalue weighted by atomic mass is 15.1. The Morgan fingerprint density at radius 3 is 2.67 bits per heavy atom. The molecule has 0 amide bonds. The Bertz CT molecular complexity index is 246. The van der Waals surface area contributed by atoms with Crippen LogP contribution in [0.15, 0.2) is 12.4 Å². The van der Waals surface area contributed by atoms with E-state index in [0.29, 0.717) is 0 Å². The van der Waals surface area contributed by atoms with Crippen molar-refractivity contribution in [2.45, 2.75) is 45.1 Å². The van der Waals surface area contributed by atoms with Gasteiger partial charge in [-0.15, -0.1) is 0 Å². The number of aryl methyl sites for hydroxylation is 1. The summed E-state index contributed by atoms with van der Waals surface area (Å²) in [4.78, 5) is 4.25. The molecular formula is C10H16N2. The third-order valence-corrected chi connectivity index (χ3v) is 2.83. The number of hydrogen-bond donors (Lipinski definition) is 0. The van der Waals surface area contributed by atoms with Crippen LogP contribution >= 0.6 is 0 Å². The summed E-state index contributed by atoms with van der Waals surface area (Å²) in [6.45, 7) is 2.09. The van der Waals surface area contributed by atoms with Crippen LogP contribution in [0.3, 0.4) is 0 Å². The molecule has 0 saturated heterocycles. The Balaban J connectivity index is 2.13.